The monoisotopic (exact) mass is 322 g/mol. The van der Waals surface area contributed by atoms with Crippen LogP contribution in [0.25, 0.3) is 11.5 Å². The normalized spacial score (nSPS) is 27.3. The van der Waals surface area contributed by atoms with E-state index < -0.39 is 6.29 Å². The molecule has 0 saturated carbocycles. The summed E-state index contributed by atoms with van der Waals surface area (Å²) in [6.07, 6.45) is -0.807. The van der Waals surface area contributed by atoms with Crippen molar-refractivity contribution in [3.63, 3.8) is 0 Å². The van der Waals surface area contributed by atoms with Crippen LogP contribution in [0.1, 0.15) is 12.5 Å². The fourth-order valence-corrected chi connectivity index (χ4v) is 2.93. The topological polar surface area (TPSA) is 66.5 Å². The van der Waals surface area contributed by atoms with E-state index in [2.05, 4.69) is 5.10 Å². The van der Waals surface area contributed by atoms with Crippen LogP contribution in [0, 0.1) is 10.7 Å². The van der Waals surface area contributed by atoms with Gasteiger partial charge in [-0.25, -0.2) is 9.07 Å². The lowest BCUT2D eigenvalue weighted by atomic mass is 10.0. The van der Waals surface area contributed by atoms with Crippen molar-refractivity contribution in [1.29, 1.82) is 0 Å². The lowest BCUT2D eigenvalue weighted by Crippen LogP contribution is -2.37. The molecule has 2 fully saturated rings. The van der Waals surface area contributed by atoms with Crippen molar-refractivity contribution in [2.75, 3.05) is 6.61 Å². The summed E-state index contributed by atoms with van der Waals surface area (Å²) < 4.78 is 30.7. The second kappa shape index (κ2) is 5.08. The molecule has 0 amide bonds. The number of benzene rings is 1. The molecule has 2 aromatic rings. The molecule has 3 heterocycles. The largest absolute Gasteiger partial charge is 0.409 e. The molecule has 2 aliphatic rings. The summed E-state index contributed by atoms with van der Waals surface area (Å²) in [6, 6.07) is 5.39. The highest BCUT2D eigenvalue weighted by Gasteiger charge is 2.45. The van der Waals surface area contributed by atoms with Gasteiger partial charge in [-0.05, 0) is 36.5 Å². The molecule has 3 atom stereocenters. The SMILES string of the molecule is O=C1C[C@@H](n2nc(-c3ccc(F)cc3)oc2=S)[C@@H]2CO[C@H]1O2. The van der Waals surface area contributed by atoms with Gasteiger partial charge in [0, 0.05) is 12.0 Å². The van der Waals surface area contributed by atoms with Crippen LogP contribution < -0.4 is 0 Å². The maximum atomic E-state index is 13.0. The third-order valence-corrected chi connectivity index (χ3v) is 4.06. The van der Waals surface area contributed by atoms with Gasteiger partial charge in [0.2, 0.25) is 12.2 Å². The van der Waals surface area contributed by atoms with Crippen molar-refractivity contribution in [3.8, 4) is 11.5 Å². The summed E-state index contributed by atoms with van der Waals surface area (Å²) in [4.78, 5) is 12.0. The maximum Gasteiger partial charge on any atom is 0.287 e. The number of fused-ring (bicyclic) bond motifs is 2. The molecule has 2 saturated heterocycles. The molecule has 1 aromatic carbocycles. The predicted molar refractivity (Wildman–Crippen MR) is 74.0 cm³/mol. The lowest BCUT2D eigenvalue weighted by molar-refractivity contribution is -0.156. The summed E-state index contributed by atoms with van der Waals surface area (Å²) in [6.45, 7) is 0.321. The fourth-order valence-electron chi connectivity index (χ4n) is 2.68. The van der Waals surface area contributed by atoms with Crippen LogP contribution >= 0.6 is 12.2 Å². The molecule has 2 bridgehead atoms. The zero-order valence-corrected chi connectivity index (χ0v) is 12.1. The summed E-state index contributed by atoms with van der Waals surface area (Å²) >= 11 is 5.18. The predicted octanol–water partition coefficient (Wildman–Crippen LogP) is 2.27. The van der Waals surface area contributed by atoms with Gasteiger partial charge in [-0.3, -0.25) is 4.79 Å². The molecule has 22 heavy (non-hydrogen) atoms. The number of hydrogen-bond acceptors (Lipinski definition) is 6. The Hall–Kier alpha value is -1.90. The first kappa shape index (κ1) is 13.7. The molecule has 0 aliphatic carbocycles. The van der Waals surface area contributed by atoms with Gasteiger partial charge in [-0.1, -0.05) is 0 Å². The van der Waals surface area contributed by atoms with Crippen LogP contribution in [0.5, 0.6) is 0 Å². The Kier molecular flexibility index (Phi) is 3.17. The minimum atomic E-state index is -0.765. The zero-order chi connectivity index (χ0) is 15.3. The van der Waals surface area contributed by atoms with E-state index in [0.29, 0.717) is 12.2 Å². The Labute approximate surface area is 129 Å². The molecule has 0 N–H and O–H groups in total. The third kappa shape index (κ3) is 2.20. The highest BCUT2D eigenvalue weighted by Crippen LogP contribution is 2.33. The number of carbonyl (C=O) groups is 1. The van der Waals surface area contributed by atoms with Gasteiger partial charge in [0.25, 0.3) is 4.84 Å². The van der Waals surface area contributed by atoms with Crippen molar-refractivity contribution in [2.24, 2.45) is 0 Å². The highest BCUT2D eigenvalue weighted by molar-refractivity contribution is 7.71. The first-order valence-electron chi connectivity index (χ1n) is 6.77. The second-order valence-electron chi connectivity index (χ2n) is 5.20. The van der Waals surface area contributed by atoms with Gasteiger partial charge in [0.1, 0.15) is 11.9 Å². The minimum Gasteiger partial charge on any atom is -0.409 e. The standard InChI is InChI=1S/C14H11FN2O4S/c15-8-3-1-7(2-4-8)12-16-17(14(22)21-12)9-5-10(18)13-19-6-11(9)20-13/h1-4,9,11,13H,5-6H2/t9-,11+,13+/m1/s1. The van der Waals surface area contributed by atoms with Gasteiger partial charge in [-0.2, -0.15) is 0 Å². The Morgan fingerprint density at radius 1 is 1.32 bits per heavy atom. The minimum absolute atomic E-state index is 0.132. The molecular formula is C14H11FN2O4S. The van der Waals surface area contributed by atoms with Crippen molar-refractivity contribution in [1.82, 2.24) is 9.78 Å². The number of ether oxygens (including phenoxy) is 2. The Balaban J connectivity index is 1.70. The number of hydrogen-bond donors (Lipinski definition) is 0. The smallest absolute Gasteiger partial charge is 0.287 e. The number of rotatable bonds is 2. The van der Waals surface area contributed by atoms with E-state index in [4.69, 9.17) is 26.1 Å². The summed E-state index contributed by atoms with van der Waals surface area (Å²) in [5.41, 5.74) is 0.606. The number of halogens is 1. The average Bonchev–Trinajstić information content (AvgIpc) is 3.09. The van der Waals surface area contributed by atoms with Gasteiger partial charge < -0.3 is 13.9 Å². The van der Waals surface area contributed by atoms with Crippen molar-refractivity contribution in [3.05, 3.63) is 34.9 Å². The number of aromatic nitrogens is 2. The van der Waals surface area contributed by atoms with Crippen LogP contribution in [0.2, 0.25) is 0 Å². The van der Waals surface area contributed by atoms with Crippen LogP contribution in [-0.2, 0) is 14.3 Å². The van der Waals surface area contributed by atoms with E-state index in [9.17, 15) is 9.18 Å². The average molecular weight is 322 g/mol. The second-order valence-corrected chi connectivity index (χ2v) is 5.55. The van der Waals surface area contributed by atoms with Crippen molar-refractivity contribution in [2.45, 2.75) is 24.9 Å². The van der Waals surface area contributed by atoms with E-state index in [1.54, 1.807) is 12.1 Å². The van der Waals surface area contributed by atoms with E-state index in [-0.39, 0.29) is 40.9 Å². The van der Waals surface area contributed by atoms with Gasteiger partial charge in [-0.15, -0.1) is 5.10 Å². The van der Waals surface area contributed by atoms with Gasteiger partial charge in [0.05, 0.1) is 12.6 Å². The van der Waals surface area contributed by atoms with Crippen molar-refractivity contribution >= 4 is 18.0 Å². The first-order valence-corrected chi connectivity index (χ1v) is 7.18. The molecule has 6 nitrogen and oxygen atoms in total. The van der Waals surface area contributed by atoms with Gasteiger partial charge in [0.15, 0.2) is 5.78 Å². The van der Waals surface area contributed by atoms with Crippen LogP contribution in [-0.4, -0.2) is 34.6 Å². The van der Waals surface area contributed by atoms with E-state index >= 15 is 0 Å². The summed E-state index contributed by atoms with van der Waals surface area (Å²) in [7, 11) is 0. The molecule has 0 radical (unpaired) electrons. The van der Waals surface area contributed by atoms with Crippen LogP contribution in [0.3, 0.4) is 0 Å². The van der Waals surface area contributed by atoms with E-state index in [0.717, 1.165) is 0 Å². The maximum absolute atomic E-state index is 13.0. The summed E-state index contributed by atoms with van der Waals surface area (Å²) in [5, 5.41) is 4.32. The number of Topliss-reactive ketones (excluding diaryl/α,β-unsaturated/α-hetero) is 1. The molecule has 2 aliphatic heterocycles. The Morgan fingerprint density at radius 3 is 2.86 bits per heavy atom. The number of nitrogens with zero attached hydrogens (tertiary/aromatic N) is 2. The Bertz CT molecular complexity index is 785. The molecule has 8 heteroatoms. The van der Waals surface area contributed by atoms with E-state index in [1.807, 2.05) is 0 Å². The molecule has 0 unspecified atom stereocenters. The molecule has 4 rings (SSSR count). The van der Waals surface area contributed by atoms with E-state index in [1.165, 1.54) is 16.8 Å². The summed E-state index contributed by atoms with van der Waals surface area (Å²) in [5.74, 6) is -0.201. The third-order valence-electron chi connectivity index (χ3n) is 3.79. The van der Waals surface area contributed by atoms with Gasteiger partial charge >= 0.3 is 0 Å². The highest BCUT2D eigenvalue weighted by atomic mass is 32.1. The first-order chi connectivity index (χ1) is 10.6. The fraction of sp³-hybridized carbons (Fsp3) is 0.357. The molecule has 1 aromatic heterocycles. The molecule has 0 spiro atoms. The zero-order valence-electron chi connectivity index (χ0n) is 11.3. The molecule has 114 valence electrons. The lowest BCUT2D eigenvalue weighted by Gasteiger charge is -2.25. The van der Waals surface area contributed by atoms with Crippen LogP contribution in [0.15, 0.2) is 28.7 Å². The van der Waals surface area contributed by atoms with Crippen molar-refractivity contribution < 1.29 is 23.1 Å². The van der Waals surface area contributed by atoms with Crippen LogP contribution in [0.4, 0.5) is 4.39 Å². The molecular weight excluding hydrogens is 311 g/mol. The number of ketones is 1. The number of carbonyl (C=O) groups excluding carboxylic acids is 1. The Morgan fingerprint density at radius 2 is 2.09 bits per heavy atom. The quantitative estimate of drug-likeness (QED) is 0.790.